The largest absolute Gasteiger partial charge is 0.339 e. The van der Waals surface area contributed by atoms with Crippen LogP contribution in [0.5, 0.6) is 0 Å². The molecule has 2 aliphatic rings. The monoisotopic (exact) mass is 385 g/mol. The van der Waals surface area contributed by atoms with Crippen LogP contribution in [0.2, 0.25) is 0 Å². The van der Waals surface area contributed by atoms with Gasteiger partial charge in [-0.05, 0) is 25.3 Å². The van der Waals surface area contributed by atoms with Crippen LogP contribution < -0.4 is 0 Å². The summed E-state index contributed by atoms with van der Waals surface area (Å²) < 4.78 is 0. The molecule has 0 bridgehead atoms. The highest BCUT2D eigenvalue weighted by atomic mass is 16.6. The summed E-state index contributed by atoms with van der Waals surface area (Å²) in [5, 5.41) is 10.9. The van der Waals surface area contributed by atoms with Crippen molar-refractivity contribution in [1.29, 1.82) is 0 Å². The number of amides is 3. The molecule has 3 rings (SSSR count). The highest BCUT2D eigenvalue weighted by Gasteiger charge is 2.47. The summed E-state index contributed by atoms with van der Waals surface area (Å²) in [4.78, 5) is 50.7. The van der Waals surface area contributed by atoms with E-state index in [-0.39, 0.29) is 54.3 Å². The Hall–Kier alpha value is -3.03. The molecule has 8 nitrogen and oxygen atoms in total. The van der Waals surface area contributed by atoms with Crippen molar-refractivity contribution in [2.24, 2.45) is 11.8 Å². The second kappa shape index (κ2) is 7.92. The minimum absolute atomic E-state index is 0.0279. The minimum atomic E-state index is -0.475. The van der Waals surface area contributed by atoms with Crippen molar-refractivity contribution in [2.45, 2.75) is 32.2 Å². The van der Waals surface area contributed by atoms with Gasteiger partial charge in [0.05, 0.1) is 22.8 Å². The third-order valence-electron chi connectivity index (χ3n) is 5.69. The van der Waals surface area contributed by atoms with Crippen LogP contribution in [0.4, 0.5) is 5.69 Å². The Kier molecular flexibility index (Phi) is 5.58. The average Bonchev–Trinajstić information content (AvgIpc) is 2.95. The Morgan fingerprint density at radius 2 is 1.86 bits per heavy atom. The van der Waals surface area contributed by atoms with Crippen molar-refractivity contribution in [1.82, 2.24) is 9.80 Å². The Labute approximate surface area is 162 Å². The van der Waals surface area contributed by atoms with Gasteiger partial charge in [-0.25, -0.2) is 0 Å². The zero-order valence-corrected chi connectivity index (χ0v) is 15.9. The van der Waals surface area contributed by atoms with Crippen LogP contribution in [0.1, 0.15) is 37.8 Å². The summed E-state index contributed by atoms with van der Waals surface area (Å²) >= 11 is 0. The Balaban J connectivity index is 1.61. The SMILES string of the molecule is C[C@H](c1cccc([N+](=O)[O-])c1)N(C)C(=O)CCN1C(=O)[C@H]2CC=CC[C@H]2C1=O. The predicted octanol–water partition coefficient (Wildman–Crippen LogP) is 2.46. The molecule has 1 aliphatic carbocycles. The summed E-state index contributed by atoms with van der Waals surface area (Å²) in [7, 11) is 1.61. The van der Waals surface area contributed by atoms with Crippen LogP contribution in [0, 0.1) is 22.0 Å². The third kappa shape index (κ3) is 3.67. The first-order valence-electron chi connectivity index (χ1n) is 9.31. The van der Waals surface area contributed by atoms with E-state index in [0.717, 1.165) is 0 Å². The molecule has 148 valence electrons. The van der Waals surface area contributed by atoms with Gasteiger partial charge >= 0.3 is 0 Å². The van der Waals surface area contributed by atoms with Crippen molar-refractivity contribution in [3.05, 3.63) is 52.1 Å². The number of nitrogens with zero attached hydrogens (tertiary/aromatic N) is 3. The molecule has 0 saturated carbocycles. The molecule has 1 aromatic rings. The molecule has 1 aromatic carbocycles. The number of likely N-dealkylation sites (tertiary alicyclic amines) is 1. The van der Waals surface area contributed by atoms with Gasteiger partial charge in [0.25, 0.3) is 5.69 Å². The Bertz CT molecular complexity index is 824. The fraction of sp³-hybridized carbons (Fsp3) is 0.450. The van der Waals surface area contributed by atoms with Gasteiger partial charge in [0, 0.05) is 32.1 Å². The molecule has 0 aromatic heterocycles. The lowest BCUT2D eigenvalue weighted by Crippen LogP contribution is -2.36. The van der Waals surface area contributed by atoms with Crippen LogP contribution in [-0.2, 0) is 14.4 Å². The second-order valence-corrected chi connectivity index (χ2v) is 7.27. The molecule has 1 saturated heterocycles. The number of non-ortho nitro benzene ring substituents is 1. The fourth-order valence-corrected chi connectivity index (χ4v) is 3.81. The number of benzene rings is 1. The third-order valence-corrected chi connectivity index (χ3v) is 5.69. The smallest absolute Gasteiger partial charge is 0.269 e. The molecular formula is C20H23N3O5. The van der Waals surface area contributed by atoms with Crippen LogP contribution in [0.25, 0.3) is 0 Å². The van der Waals surface area contributed by atoms with Crippen molar-refractivity contribution >= 4 is 23.4 Å². The number of carbonyl (C=O) groups is 3. The zero-order chi connectivity index (χ0) is 20.4. The number of fused-ring (bicyclic) bond motifs is 1. The van der Waals surface area contributed by atoms with Crippen LogP contribution in [0.15, 0.2) is 36.4 Å². The topological polar surface area (TPSA) is 101 Å². The van der Waals surface area contributed by atoms with E-state index in [1.54, 1.807) is 26.1 Å². The highest BCUT2D eigenvalue weighted by Crippen LogP contribution is 2.35. The number of rotatable bonds is 6. The van der Waals surface area contributed by atoms with E-state index in [2.05, 4.69) is 0 Å². The Morgan fingerprint density at radius 1 is 1.25 bits per heavy atom. The fourth-order valence-electron chi connectivity index (χ4n) is 3.81. The van der Waals surface area contributed by atoms with Crippen LogP contribution >= 0.6 is 0 Å². The molecule has 1 fully saturated rings. The van der Waals surface area contributed by atoms with Crippen LogP contribution in [-0.4, -0.2) is 46.0 Å². The molecule has 3 amide bonds. The highest BCUT2D eigenvalue weighted by molar-refractivity contribution is 6.05. The van der Waals surface area contributed by atoms with Gasteiger partial charge in [-0.2, -0.15) is 0 Å². The van der Waals surface area contributed by atoms with E-state index in [0.29, 0.717) is 18.4 Å². The second-order valence-electron chi connectivity index (χ2n) is 7.27. The van der Waals surface area contributed by atoms with Gasteiger partial charge in [-0.1, -0.05) is 24.3 Å². The van der Waals surface area contributed by atoms with E-state index in [9.17, 15) is 24.5 Å². The first-order chi connectivity index (χ1) is 13.3. The van der Waals surface area contributed by atoms with E-state index in [1.165, 1.54) is 21.9 Å². The maximum Gasteiger partial charge on any atom is 0.269 e. The molecule has 0 N–H and O–H groups in total. The number of nitro benzene ring substituents is 1. The van der Waals surface area contributed by atoms with Gasteiger partial charge in [0.2, 0.25) is 17.7 Å². The lowest BCUT2D eigenvalue weighted by Gasteiger charge is -2.26. The van der Waals surface area contributed by atoms with Gasteiger partial charge < -0.3 is 4.90 Å². The lowest BCUT2D eigenvalue weighted by atomic mass is 9.85. The normalized spacial score (nSPS) is 22.1. The van der Waals surface area contributed by atoms with Gasteiger partial charge in [-0.3, -0.25) is 29.4 Å². The summed E-state index contributed by atoms with van der Waals surface area (Å²) in [6.07, 6.45) is 5.03. The molecular weight excluding hydrogens is 362 g/mol. The number of allylic oxidation sites excluding steroid dienone is 2. The molecule has 0 unspecified atom stereocenters. The molecule has 28 heavy (non-hydrogen) atoms. The first kappa shape index (κ1) is 19.7. The quantitative estimate of drug-likeness (QED) is 0.324. The van der Waals surface area contributed by atoms with E-state index < -0.39 is 4.92 Å². The van der Waals surface area contributed by atoms with E-state index >= 15 is 0 Å². The van der Waals surface area contributed by atoms with Crippen molar-refractivity contribution in [3.8, 4) is 0 Å². The zero-order valence-electron chi connectivity index (χ0n) is 15.9. The summed E-state index contributed by atoms with van der Waals surface area (Å²) in [5.41, 5.74) is 0.616. The molecule has 8 heteroatoms. The first-order valence-corrected chi connectivity index (χ1v) is 9.31. The number of carbonyl (C=O) groups excluding carboxylic acids is 3. The van der Waals surface area contributed by atoms with E-state index in [1.807, 2.05) is 12.2 Å². The molecule has 0 spiro atoms. The van der Waals surface area contributed by atoms with Crippen molar-refractivity contribution in [2.75, 3.05) is 13.6 Å². The summed E-state index contributed by atoms with van der Waals surface area (Å²) in [5.74, 6) is -1.21. The molecule has 0 radical (unpaired) electrons. The van der Waals surface area contributed by atoms with Crippen LogP contribution in [0.3, 0.4) is 0 Å². The average molecular weight is 385 g/mol. The molecule has 3 atom stereocenters. The summed E-state index contributed by atoms with van der Waals surface area (Å²) in [6, 6.07) is 5.78. The summed E-state index contributed by atoms with van der Waals surface area (Å²) in [6.45, 7) is 1.85. The maximum absolute atomic E-state index is 12.6. The number of nitro groups is 1. The van der Waals surface area contributed by atoms with Crippen molar-refractivity contribution in [3.63, 3.8) is 0 Å². The molecule has 1 heterocycles. The van der Waals surface area contributed by atoms with E-state index in [4.69, 9.17) is 0 Å². The predicted molar refractivity (Wildman–Crippen MR) is 101 cm³/mol. The Morgan fingerprint density at radius 3 is 2.43 bits per heavy atom. The maximum atomic E-state index is 12.6. The van der Waals surface area contributed by atoms with Gasteiger partial charge in [-0.15, -0.1) is 0 Å². The van der Waals surface area contributed by atoms with Gasteiger partial charge in [0.15, 0.2) is 0 Å². The number of hydrogen-bond acceptors (Lipinski definition) is 5. The minimum Gasteiger partial charge on any atom is -0.339 e. The molecule has 1 aliphatic heterocycles. The standard InChI is InChI=1S/C20H23N3O5/c1-13(14-6-5-7-15(12-14)23(27)28)21(2)18(24)10-11-22-19(25)16-8-3-4-9-17(16)20(22)26/h3-7,12-13,16-17H,8-11H2,1-2H3/t13-,16-,17+/m1/s1. The van der Waals surface area contributed by atoms with Crippen molar-refractivity contribution < 1.29 is 19.3 Å². The number of hydrogen-bond donors (Lipinski definition) is 0. The lowest BCUT2D eigenvalue weighted by molar-refractivity contribution is -0.384. The van der Waals surface area contributed by atoms with Gasteiger partial charge in [0.1, 0.15) is 0 Å². The number of imide groups is 1.